The molecular weight excluding hydrogens is 411 g/mol. The molecule has 0 unspecified atom stereocenters. The minimum Gasteiger partial charge on any atom is -0.406 e. The van der Waals surface area contributed by atoms with Crippen LogP contribution in [-0.4, -0.2) is 68.2 Å². The number of nitrogens with zero attached hydrogens (tertiary/aromatic N) is 2. The van der Waals surface area contributed by atoms with Gasteiger partial charge >= 0.3 is 6.36 Å². The molecule has 29 heavy (non-hydrogen) atoms. The summed E-state index contributed by atoms with van der Waals surface area (Å²) in [5.41, 5.74) is -0.301. The van der Waals surface area contributed by atoms with Crippen LogP contribution in [0.3, 0.4) is 0 Å². The van der Waals surface area contributed by atoms with Gasteiger partial charge < -0.3 is 10.1 Å². The first kappa shape index (κ1) is 23.4. The lowest BCUT2D eigenvalue weighted by molar-refractivity contribution is -0.274. The summed E-state index contributed by atoms with van der Waals surface area (Å²) < 4.78 is 67.1. The number of rotatable bonds is 7. The zero-order valence-electron chi connectivity index (χ0n) is 16.6. The predicted molar refractivity (Wildman–Crippen MR) is 101 cm³/mol. The SMILES string of the molecule is CCC(C)(C)NC(=O)CN1CCN(S(=O)(=O)c2ccc(OC(F)(F)F)cc2)CC1. The van der Waals surface area contributed by atoms with E-state index in [-0.39, 0.29) is 36.0 Å². The van der Waals surface area contributed by atoms with Crippen molar-refractivity contribution in [3.63, 3.8) is 0 Å². The quantitative estimate of drug-likeness (QED) is 0.708. The number of piperazine rings is 1. The summed E-state index contributed by atoms with van der Waals surface area (Å²) in [6.45, 7) is 7.16. The van der Waals surface area contributed by atoms with Crippen LogP contribution >= 0.6 is 0 Å². The minimum absolute atomic E-state index is 0.108. The zero-order chi connectivity index (χ0) is 21.9. The molecule has 0 aliphatic carbocycles. The van der Waals surface area contributed by atoms with Crippen LogP contribution in [0.25, 0.3) is 0 Å². The molecule has 7 nitrogen and oxygen atoms in total. The molecular formula is C18H26F3N3O4S. The molecule has 0 bridgehead atoms. The van der Waals surface area contributed by atoms with Gasteiger partial charge in [0.05, 0.1) is 11.4 Å². The summed E-state index contributed by atoms with van der Waals surface area (Å²) in [6, 6.07) is 4.11. The maximum absolute atomic E-state index is 12.7. The molecule has 1 aliphatic rings. The van der Waals surface area contributed by atoms with Crippen molar-refractivity contribution < 1.29 is 31.1 Å². The van der Waals surface area contributed by atoms with Crippen LogP contribution in [0.2, 0.25) is 0 Å². The first-order valence-electron chi connectivity index (χ1n) is 9.22. The largest absolute Gasteiger partial charge is 0.573 e. The van der Waals surface area contributed by atoms with E-state index in [2.05, 4.69) is 10.1 Å². The lowest BCUT2D eigenvalue weighted by Gasteiger charge is -2.34. The highest BCUT2D eigenvalue weighted by molar-refractivity contribution is 7.89. The number of nitrogens with one attached hydrogen (secondary N) is 1. The summed E-state index contributed by atoms with van der Waals surface area (Å²) in [4.78, 5) is 13.9. The number of ether oxygens (including phenoxy) is 1. The van der Waals surface area contributed by atoms with Gasteiger partial charge in [-0.05, 0) is 44.5 Å². The average Bonchev–Trinajstić information content (AvgIpc) is 2.61. The van der Waals surface area contributed by atoms with Crippen LogP contribution in [-0.2, 0) is 14.8 Å². The van der Waals surface area contributed by atoms with Gasteiger partial charge in [-0.2, -0.15) is 4.31 Å². The normalized spacial score (nSPS) is 17.2. The van der Waals surface area contributed by atoms with E-state index in [0.29, 0.717) is 13.1 Å². The van der Waals surface area contributed by atoms with E-state index in [4.69, 9.17) is 0 Å². The minimum atomic E-state index is -4.84. The topological polar surface area (TPSA) is 79.0 Å². The number of carbonyl (C=O) groups is 1. The van der Waals surface area contributed by atoms with Gasteiger partial charge in [0.15, 0.2) is 0 Å². The number of carbonyl (C=O) groups excluding carboxylic acids is 1. The number of amides is 1. The van der Waals surface area contributed by atoms with E-state index in [9.17, 15) is 26.4 Å². The first-order chi connectivity index (χ1) is 13.3. The lowest BCUT2D eigenvalue weighted by Crippen LogP contribution is -2.53. The van der Waals surface area contributed by atoms with Gasteiger partial charge in [-0.1, -0.05) is 6.92 Å². The number of benzene rings is 1. The molecule has 2 rings (SSSR count). The van der Waals surface area contributed by atoms with E-state index in [1.807, 2.05) is 25.7 Å². The highest BCUT2D eigenvalue weighted by Crippen LogP contribution is 2.25. The Morgan fingerprint density at radius 3 is 2.14 bits per heavy atom. The average molecular weight is 437 g/mol. The second kappa shape index (κ2) is 8.88. The molecule has 1 N–H and O–H groups in total. The van der Waals surface area contributed by atoms with E-state index >= 15 is 0 Å². The highest BCUT2D eigenvalue weighted by Gasteiger charge is 2.32. The first-order valence-corrected chi connectivity index (χ1v) is 10.7. The number of hydrogen-bond donors (Lipinski definition) is 1. The van der Waals surface area contributed by atoms with Gasteiger partial charge in [-0.3, -0.25) is 9.69 Å². The summed E-state index contributed by atoms with van der Waals surface area (Å²) >= 11 is 0. The fourth-order valence-corrected chi connectivity index (χ4v) is 4.22. The van der Waals surface area contributed by atoms with Gasteiger partial charge in [-0.25, -0.2) is 8.42 Å². The molecule has 1 saturated heterocycles. The number of hydrogen-bond acceptors (Lipinski definition) is 5. The zero-order valence-corrected chi connectivity index (χ0v) is 17.4. The van der Waals surface area contributed by atoms with Gasteiger partial charge in [0.1, 0.15) is 5.75 Å². The third-order valence-corrected chi connectivity index (χ3v) is 6.67. The van der Waals surface area contributed by atoms with Crippen molar-refractivity contribution in [2.45, 2.75) is 44.0 Å². The van der Waals surface area contributed by atoms with Crippen LogP contribution in [0.4, 0.5) is 13.2 Å². The summed E-state index contributed by atoms with van der Waals surface area (Å²) in [6.07, 6.45) is -4.05. The molecule has 1 fully saturated rings. The number of halogens is 3. The Labute approximate surface area is 168 Å². The molecule has 0 saturated carbocycles. The van der Waals surface area contributed by atoms with Crippen molar-refractivity contribution in [2.75, 3.05) is 32.7 Å². The molecule has 1 aromatic rings. The number of sulfonamides is 1. The van der Waals surface area contributed by atoms with Crippen LogP contribution in [0.5, 0.6) is 5.75 Å². The molecule has 1 aliphatic heterocycles. The van der Waals surface area contributed by atoms with E-state index in [1.54, 1.807) is 0 Å². The predicted octanol–water partition coefficient (Wildman–Crippen LogP) is 2.20. The lowest BCUT2D eigenvalue weighted by atomic mass is 10.0. The van der Waals surface area contributed by atoms with Crippen molar-refractivity contribution in [3.8, 4) is 5.75 Å². The fourth-order valence-electron chi connectivity index (χ4n) is 2.80. The molecule has 1 aromatic carbocycles. The monoisotopic (exact) mass is 437 g/mol. The Bertz CT molecular complexity index is 803. The molecule has 0 atom stereocenters. The maximum Gasteiger partial charge on any atom is 0.573 e. The van der Waals surface area contributed by atoms with E-state index in [0.717, 1.165) is 30.7 Å². The smallest absolute Gasteiger partial charge is 0.406 e. The van der Waals surface area contributed by atoms with Crippen LogP contribution in [0.15, 0.2) is 29.2 Å². The van der Waals surface area contributed by atoms with E-state index in [1.165, 1.54) is 4.31 Å². The molecule has 1 amide bonds. The Hall–Kier alpha value is -1.85. The Balaban J connectivity index is 1.93. The molecule has 11 heteroatoms. The Morgan fingerprint density at radius 2 is 1.66 bits per heavy atom. The third-order valence-electron chi connectivity index (χ3n) is 4.76. The van der Waals surface area contributed by atoms with Crippen molar-refractivity contribution in [1.82, 2.24) is 14.5 Å². The van der Waals surface area contributed by atoms with Crippen molar-refractivity contribution in [3.05, 3.63) is 24.3 Å². The number of alkyl halides is 3. The third kappa shape index (κ3) is 6.86. The summed E-state index contributed by atoms with van der Waals surface area (Å²) in [5.74, 6) is -0.601. The van der Waals surface area contributed by atoms with Crippen molar-refractivity contribution in [2.24, 2.45) is 0 Å². The molecule has 0 spiro atoms. The maximum atomic E-state index is 12.7. The summed E-state index contributed by atoms with van der Waals surface area (Å²) in [7, 11) is -3.84. The van der Waals surface area contributed by atoms with E-state index < -0.39 is 22.1 Å². The van der Waals surface area contributed by atoms with Gasteiger partial charge in [0.2, 0.25) is 15.9 Å². The van der Waals surface area contributed by atoms with Crippen LogP contribution in [0.1, 0.15) is 27.2 Å². The second-order valence-electron chi connectivity index (χ2n) is 7.49. The highest BCUT2D eigenvalue weighted by atomic mass is 32.2. The molecule has 0 radical (unpaired) electrons. The second-order valence-corrected chi connectivity index (χ2v) is 9.42. The standard InChI is InChI=1S/C18H26F3N3O4S/c1-4-17(2,3)22-16(25)13-23-9-11-24(12-10-23)29(26,27)15-7-5-14(6-8-15)28-18(19,20)21/h5-8H,4,9-13H2,1-3H3,(H,22,25). The summed E-state index contributed by atoms with van der Waals surface area (Å²) in [5, 5.41) is 2.94. The van der Waals surface area contributed by atoms with Crippen molar-refractivity contribution >= 4 is 15.9 Å². The van der Waals surface area contributed by atoms with Gasteiger partial charge in [-0.15, -0.1) is 13.2 Å². The Kier molecular flexibility index (Phi) is 7.18. The van der Waals surface area contributed by atoms with Gasteiger partial charge in [0, 0.05) is 31.7 Å². The molecule has 0 aromatic heterocycles. The molecule has 1 heterocycles. The van der Waals surface area contributed by atoms with Crippen molar-refractivity contribution in [1.29, 1.82) is 0 Å². The Morgan fingerprint density at radius 1 is 1.10 bits per heavy atom. The van der Waals surface area contributed by atoms with Crippen LogP contribution < -0.4 is 10.1 Å². The fraction of sp³-hybridized carbons (Fsp3) is 0.611. The van der Waals surface area contributed by atoms with Gasteiger partial charge in [0.25, 0.3) is 0 Å². The molecule has 164 valence electrons. The van der Waals surface area contributed by atoms with Crippen LogP contribution in [0, 0.1) is 0 Å².